The van der Waals surface area contributed by atoms with E-state index in [1.807, 2.05) is 11.8 Å². The highest BCUT2D eigenvalue weighted by Crippen LogP contribution is 2.46. The number of rotatable bonds is 7. The van der Waals surface area contributed by atoms with Gasteiger partial charge in [-0.15, -0.1) is 0 Å². The van der Waals surface area contributed by atoms with Crippen LogP contribution in [0.2, 0.25) is 0 Å². The summed E-state index contributed by atoms with van der Waals surface area (Å²) in [4.78, 5) is 2.60. The van der Waals surface area contributed by atoms with Gasteiger partial charge < -0.3 is 10.2 Å². The molecular weight excluding hydrogens is 204 g/mol. The summed E-state index contributed by atoms with van der Waals surface area (Å²) >= 11 is 2.05. The maximum atomic E-state index is 3.62. The van der Waals surface area contributed by atoms with Gasteiger partial charge in [-0.3, -0.25) is 0 Å². The van der Waals surface area contributed by atoms with Gasteiger partial charge in [0.1, 0.15) is 0 Å². The molecule has 1 aliphatic carbocycles. The summed E-state index contributed by atoms with van der Waals surface area (Å²) in [6, 6.07) is 0. The molecule has 0 spiro atoms. The predicted octanol–water partition coefficient (Wildman–Crippen LogP) is 1.96. The Morgan fingerprint density at radius 2 is 2.00 bits per heavy atom. The molecule has 0 amide bonds. The number of hydrogen-bond acceptors (Lipinski definition) is 3. The van der Waals surface area contributed by atoms with Crippen LogP contribution in [0.1, 0.15) is 32.1 Å². The van der Waals surface area contributed by atoms with Crippen molar-refractivity contribution in [1.82, 2.24) is 10.2 Å². The zero-order chi connectivity index (χ0) is 10.6. The van der Waals surface area contributed by atoms with Crippen molar-refractivity contribution in [2.45, 2.75) is 36.9 Å². The molecule has 0 radical (unpaired) electrons. The maximum absolute atomic E-state index is 3.62. The highest BCUT2D eigenvalue weighted by molar-refractivity contribution is 8.00. The van der Waals surface area contributed by atoms with Crippen molar-refractivity contribution < 1.29 is 0 Å². The molecule has 0 aromatic rings. The third-order valence-electron chi connectivity index (χ3n) is 3.71. The Bertz CT molecular complexity index is 186. The first kappa shape index (κ1) is 11.7. The molecule has 15 heavy (non-hydrogen) atoms. The highest BCUT2D eigenvalue weighted by Gasteiger charge is 2.41. The van der Waals surface area contributed by atoms with Gasteiger partial charge in [0, 0.05) is 11.3 Å². The molecule has 1 heterocycles. The lowest BCUT2D eigenvalue weighted by Crippen LogP contribution is -2.29. The molecule has 0 atom stereocenters. The molecule has 0 aromatic heterocycles. The van der Waals surface area contributed by atoms with E-state index in [2.05, 4.69) is 16.5 Å². The summed E-state index contributed by atoms with van der Waals surface area (Å²) < 4.78 is 0.633. The number of likely N-dealkylation sites (tertiary alicyclic amines) is 1. The molecule has 1 aliphatic heterocycles. The standard InChI is InChI=1S/C12H24N2S/c1-15-12(5-6-12)11-13-7-4-10-14-8-2-3-9-14/h13H,2-11H2,1H3. The zero-order valence-corrected chi connectivity index (χ0v) is 10.7. The minimum absolute atomic E-state index is 0.633. The van der Waals surface area contributed by atoms with Gasteiger partial charge in [0.2, 0.25) is 0 Å². The molecule has 0 unspecified atom stereocenters. The zero-order valence-electron chi connectivity index (χ0n) is 9.93. The van der Waals surface area contributed by atoms with Gasteiger partial charge >= 0.3 is 0 Å². The Hall–Kier alpha value is 0.270. The van der Waals surface area contributed by atoms with Crippen LogP contribution in [0, 0.1) is 0 Å². The van der Waals surface area contributed by atoms with E-state index in [1.54, 1.807) is 0 Å². The van der Waals surface area contributed by atoms with Crippen molar-refractivity contribution in [3.63, 3.8) is 0 Å². The lowest BCUT2D eigenvalue weighted by molar-refractivity contribution is 0.331. The second-order valence-electron chi connectivity index (χ2n) is 4.97. The van der Waals surface area contributed by atoms with Crippen molar-refractivity contribution in [3.8, 4) is 0 Å². The SMILES string of the molecule is CSC1(CNCCCN2CCCC2)CC1. The van der Waals surface area contributed by atoms with Crippen molar-refractivity contribution in [3.05, 3.63) is 0 Å². The van der Waals surface area contributed by atoms with E-state index < -0.39 is 0 Å². The quantitative estimate of drug-likeness (QED) is 0.671. The second kappa shape index (κ2) is 5.55. The van der Waals surface area contributed by atoms with Crippen LogP contribution in [0.15, 0.2) is 0 Å². The summed E-state index contributed by atoms with van der Waals surface area (Å²) in [6.45, 7) is 6.43. The first-order valence-corrected chi connectivity index (χ1v) is 7.55. The first-order chi connectivity index (χ1) is 7.35. The number of nitrogens with zero attached hydrogens (tertiary/aromatic N) is 1. The molecule has 1 N–H and O–H groups in total. The molecule has 1 saturated heterocycles. The molecule has 1 saturated carbocycles. The fourth-order valence-electron chi connectivity index (χ4n) is 2.34. The number of hydrogen-bond donors (Lipinski definition) is 1. The fraction of sp³-hybridized carbons (Fsp3) is 1.00. The van der Waals surface area contributed by atoms with E-state index in [-0.39, 0.29) is 0 Å². The number of thioether (sulfide) groups is 1. The van der Waals surface area contributed by atoms with E-state index in [1.165, 1.54) is 64.8 Å². The summed E-state index contributed by atoms with van der Waals surface area (Å²) in [5, 5.41) is 3.62. The second-order valence-corrected chi connectivity index (χ2v) is 6.24. The van der Waals surface area contributed by atoms with Crippen LogP contribution in [-0.4, -0.2) is 48.6 Å². The molecule has 2 nitrogen and oxygen atoms in total. The number of nitrogens with one attached hydrogen (secondary N) is 1. The minimum Gasteiger partial charge on any atom is -0.315 e. The first-order valence-electron chi connectivity index (χ1n) is 6.33. The topological polar surface area (TPSA) is 15.3 Å². The molecule has 3 heteroatoms. The molecule has 0 aromatic carbocycles. The fourth-order valence-corrected chi connectivity index (χ4v) is 3.10. The summed E-state index contributed by atoms with van der Waals surface area (Å²) in [7, 11) is 0. The molecule has 2 aliphatic rings. The maximum Gasteiger partial charge on any atom is 0.0282 e. The normalized spacial score (nSPS) is 24.6. The van der Waals surface area contributed by atoms with Gasteiger partial charge in [0.25, 0.3) is 0 Å². The Balaban J connectivity index is 1.45. The summed E-state index contributed by atoms with van der Waals surface area (Å²) in [5.74, 6) is 0. The largest absolute Gasteiger partial charge is 0.315 e. The van der Waals surface area contributed by atoms with E-state index in [9.17, 15) is 0 Å². The van der Waals surface area contributed by atoms with Crippen LogP contribution >= 0.6 is 11.8 Å². The van der Waals surface area contributed by atoms with E-state index in [4.69, 9.17) is 0 Å². The van der Waals surface area contributed by atoms with Crippen molar-refractivity contribution in [2.24, 2.45) is 0 Å². The average Bonchev–Trinajstić information content (AvgIpc) is 2.85. The smallest absolute Gasteiger partial charge is 0.0282 e. The predicted molar refractivity (Wildman–Crippen MR) is 68.6 cm³/mol. The van der Waals surface area contributed by atoms with Gasteiger partial charge in [0.05, 0.1) is 0 Å². The molecular formula is C12H24N2S. The van der Waals surface area contributed by atoms with E-state index in [0.29, 0.717) is 4.75 Å². The summed E-state index contributed by atoms with van der Waals surface area (Å²) in [5.41, 5.74) is 0. The monoisotopic (exact) mass is 228 g/mol. The lowest BCUT2D eigenvalue weighted by atomic mass is 10.3. The Labute approximate surface area is 98.2 Å². The van der Waals surface area contributed by atoms with Crippen LogP contribution in [0.25, 0.3) is 0 Å². The van der Waals surface area contributed by atoms with Crippen LogP contribution in [0.5, 0.6) is 0 Å². The molecule has 2 rings (SSSR count). The Morgan fingerprint density at radius 3 is 2.60 bits per heavy atom. The van der Waals surface area contributed by atoms with Crippen LogP contribution in [0.4, 0.5) is 0 Å². The molecule has 88 valence electrons. The minimum atomic E-state index is 0.633. The average molecular weight is 228 g/mol. The molecule has 2 fully saturated rings. The van der Waals surface area contributed by atoms with Crippen molar-refractivity contribution in [2.75, 3.05) is 39.0 Å². The van der Waals surface area contributed by atoms with Gasteiger partial charge in [-0.05, 0) is 64.5 Å². The van der Waals surface area contributed by atoms with Crippen molar-refractivity contribution >= 4 is 11.8 Å². The van der Waals surface area contributed by atoms with Gasteiger partial charge in [-0.25, -0.2) is 0 Å². The third kappa shape index (κ3) is 3.65. The third-order valence-corrected chi connectivity index (χ3v) is 5.13. The van der Waals surface area contributed by atoms with Crippen LogP contribution in [0.3, 0.4) is 0 Å². The Kier molecular flexibility index (Phi) is 4.35. The van der Waals surface area contributed by atoms with Crippen molar-refractivity contribution in [1.29, 1.82) is 0 Å². The summed E-state index contributed by atoms with van der Waals surface area (Å²) in [6.07, 6.45) is 9.26. The molecule has 0 bridgehead atoms. The van der Waals surface area contributed by atoms with E-state index >= 15 is 0 Å². The van der Waals surface area contributed by atoms with Gasteiger partial charge in [0.15, 0.2) is 0 Å². The van der Waals surface area contributed by atoms with Crippen LogP contribution in [-0.2, 0) is 0 Å². The van der Waals surface area contributed by atoms with Crippen LogP contribution < -0.4 is 5.32 Å². The van der Waals surface area contributed by atoms with Gasteiger partial charge in [-0.2, -0.15) is 11.8 Å². The van der Waals surface area contributed by atoms with Gasteiger partial charge in [-0.1, -0.05) is 0 Å². The highest BCUT2D eigenvalue weighted by atomic mass is 32.2. The Morgan fingerprint density at radius 1 is 1.27 bits per heavy atom. The lowest BCUT2D eigenvalue weighted by Gasteiger charge is -2.16. The van der Waals surface area contributed by atoms with E-state index in [0.717, 1.165) is 0 Å².